The van der Waals surface area contributed by atoms with E-state index in [1.807, 2.05) is 0 Å². The van der Waals surface area contributed by atoms with E-state index >= 15 is 0 Å². The van der Waals surface area contributed by atoms with Crippen molar-refractivity contribution in [2.24, 2.45) is 0 Å². The Morgan fingerprint density at radius 1 is 1.22 bits per heavy atom. The van der Waals surface area contributed by atoms with Crippen LogP contribution in [0.2, 0.25) is 0 Å². The van der Waals surface area contributed by atoms with Crippen LogP contribution in [0.3, 0.4) is 0 Å². The molecule has 7 nitrogen and oxygen atoms in total. The van der Waals surface area contributed by atoms with Gasteiger partial charge in [-0.2, -0.15) is 0 Å². The van der Waals surface area contributed by atoms with Gasteiger partial charge < -0.3 is 19.5 Å². The molecule has 0 atom stereocenters. The summed E-state index contributed by atoms with van der Waals surface area (Å²) >= 11 is 0. The van der Waals surface area contributed by atoms with E-state index in [4.69, 9.17) is 9.26 Å². The molecular weight excluding hydrogens is 413 g/mol. The van der Waals surface area contributed by atoms with Gasteiger partial charge in [-0.15, -0.1) is 0 Å². The molecule has 1 aliphatic rings. The number of likely N-dealkylation sites (tertiary alicyclic amines) is 1. The summed E-state index contributed by atoms with van der Waals surface area (Å²) in [5, 5.41) is 7.99. The molecule has 0 radical (unpaired) electrons. The summed E-state index contributed by atoms with van der Waals surface area (Å²) in [6, 6.07) is 9.37. The highest BCUT2D eigenvalue weighted by Gasteiger charge is 2.25. The standard InChI is InChI=1S/C24H26FN3O4/c1-15(29)17-3-5-20(21(13-17)31-2)24(30)26-9-12-28-10-7-16(8-11-28)23-19-6-4-18(25)14-22(19)32-27-23/h3-6,13-14,16H,7-12H2,1-2H3,(H,26,30). The molecule has 2 aromatic carbocycles. The quantitative estimate of drug-likeness (QED) is 0.564. The van der Waals surface area contributed by atoms with Crippen molar-refractivity contribution in [3.05, 3.63) is 59.0 Å². The van der Waals surface area contributed by atoms with Crippen LogP contribution in [0.15, 0.2) is 40.9 Å². The van der Waals surface area contributed by atoms with Crippen molar-refractivity contribution in [3.63, 3.8) is 0 Å². The molecule has 2 heterocycles. The monoisotopic (exact) mass is 439 g/mol. The maximum atomic E-state index is 13.4. The largest absolute Gasteiger partial charge is 0.496 e. The molecule has 1 fully saturated rings. The lowest BCUT2D eigenvalue weighted by atomic mass is 9.91. The number of Topliss-reactive ketones (excluding diaryl/α,β-unsaturated/α-hetero) is 1. The van der Waals surface area contributed by atoms with E-state index in [1.165, 1.54) is 26.2 Å². The number of aromatic nitrogens is 1. The summed E-state index contributed by atoms with van der Waals surface area (Å²) in [7, 11) is 1.48. The zero-order valence-corrected chi connectivity index (χ0v) is 18.2. The number of benzene rings is 2. The molecule has 1 N–H and O–H groups in total. The Bertz CT molecular complexity index is 1140. The van der Waals surface area contributed by atoms with Gasteiger partial charge in [-0.3, -0.25) is 9.59 Å². The van der Waals surface area contributed by atoms with Gasteiger partial charge in [0.05, 0.1) is 18.4 Å². The molecule has 168 valence electrons. The fourth-order valence-corrected chi connectivity index (χ4v) is 4.18. The second-order valence-electron chi connectivity index (χ2n) is 8.05. The number of amides is 1. The van der Waals surface area contributed by atoms with E-state index in [0.717, 1.165) is 43.6 Å². The lowest BCUT2D eigenvalue weighted by Crippen LogP contribution is -2.39. The molecule has 0 aliphatic carbocycles. The van der Waals surface area contributed by atoms with Crippen LogP contribution < -0.4 is 10.1 Å². The van der Waals surface area contributed by atoms with Crippen molar-refractivity contribution < 1.29 is 23.2 Å². The minimum absolute atomic E-state index is 0.0792. The number of fused-ring (bicyclic) bond motifs is 1. The molecule has 1 saturated heterocycles. The van der Waals surface area contributed by atoms with Gasteiger partial charge in [-0.25, -0.2) is 4.39 Å². The third kappa shape index (κ3) is 4.65. The first-order valence-corrected chi connectivity index (χ1v) is 10.7. The van der Waals surface area contributed by atoms with Gasteiger partial charge in [0.1, 0.15) is 11.6 Å². The Morgan fingerprint density at radius 3 is 2.72 bits per heavy atom. The Hall–Kier alpha value is -3.26. The average molecular weight is 439 g/mol. The van der Waals surface area contributed by atoms with Crippen molar-refractivity contribution in [1.82, 2.24) is 15.4 Å². The molecule has 0 unspecified atom stereocenters. The van der Waals surface area contributed by atoms with Gasteiger partial charge in [-0.05, 0) is 57.1 Å². The van der Waals surface area contributed by atoms with E-state index < -0.39 is 0 Å². The molecule has 0 spiro atoms. The minimum atomic E-state index is -0.329. The van der Waals surface area contributed by atoms with E-state index in [9.17, 15) is 14.0 Å². The van der Waals surface area contributed by atoms with Crippen LogP contribution >= 0.6 is 0 Å². The van der Waals surface area contributed by atoms with E-state index in [1.54, 1.807) is 24.3 Å². The Morgan fingerprint density at radius 2 is 2.00 bits per heavy atom. The molecule has 1 amide bonds. The number of carbonyl (C=O) groups excluding carboxylic acids is 2. The molecule has 3 aromatic rings. The molecule has 0 bridgehead atoms. The number of hydrogen-bond acceptors (Lipinski definition) is 6. The SMILES string of the molecule is COc1cc(C(C)=O)ccc1C(=O)NCCN1CCC(c2noc3cc(F)ccc23)CC1. The van der Waals surface area contributed by atoms with Gasteiger partial charge in [0, 0.05) is 36.0 Å². The van der Waals surface area contributed by atoms with E-state index in [2.05, 4.69) is 15.4 Å². The predicted molar refractivity (Wildman–Crippen MR) is 118 cm³/mol. The summed E-state index contributed by atoms with van der Waals surface area (Å²) in [5.74, 6) is 0.0226. The highest BCUT2D eigenvalue weighted by atomic mass is 19.1. The second-order valence-corrected chi connectivity index (χ2v) is 8.05. The molecule has 32 heavy (non-hydrogen) atoms. The summed E-state index contributed by atoms with van der Waals surface area (Å²) < 4.78 is 24.0. The van der Waals surface area contributed by atoms with Crippen molar-refractivity contribution in [2.45, 2.75) is 25.7 Å². The zero-order chi connectivity index (χ0) is 22.7. The van der Waals surface area contributed by atoms with Crippen molar-refractivity contribution in [2.75, 3.05) is 33.3 Å². The molecule has 8 heteroatoms. The number of nitrogens with one attached hydrogen (secondary N) is 1. The van der Waals surface area contributed by atoms with Crippen LogP contribution in [0.25, 0.3) is 11.0 Å². The highest BCUT2D eigenvalue weighted by molar-refractivity contribution is 6.00. The Kier molecular flexibility index (Phi) is 6.50. The summed E-state index contributed by atoms with van der Waals surface area (Å²) in [6.07, 6.45) is 1.85. The topological polar surface area (TPSA) is 84.7 Å². The average Bonchev–Trinajstić information content (AvgIpc) is 3.22. The third-order valence-corrected chi connectivity index (χ3v) is 6.00. The number of hydrogen-bond donors (Lipinski definition) is 1. The van der Waals surface area contributed by atoms with E-state index in [-0.39, 0.29) is 23.4 Å². The highest BCUT2D eigenvalue weighted by Crippen LogP contribution is 2.32. The Labute approximate surface area is 185 Å². The normalized spacial score (nSPS) is 15.1. The zero-order valence-electron chi connectivity index (χ0n) is 18.2. The fraction of sp³-hybridized carbons (Fsp3) is 0.375. The van der Waals surface area contributed by atoms with E-state index in [0.29, 0.717) is 29.0 Å². The summed E-state index contributed by atoms with van der Waals surface area (Å²) in [4.78, 5) is 26.4. The van der Waals surface area contributed by atoms with Gasteiger partial charge >= 0.3 is 0 Å². The minimum Gasteiger partial charge on any atom is -0.496 e. The van der Waals surface area contributed by atoms with Crippen LogP contribution in [0, 0.1) is 5.82 Å². The van der Waals surface area contributed by atoms with Gasteiger partial charge in [-0.1, -0.05) is 11.2 Å². The Balaban J connectivity index is 1.28. The smallest absolute Gasteiger partial charge is 0.255 e. The maximum Gasteiger partial charge on any atom is 0.255 e. The number of methoxy groups -OCH3 is 1. The second kappa shape index (κ2) is 9.48. The van der Waals surface area contributed by atoms with Crippen LogP contribution in [0.4, 0.5) is 4.39 Å². The number of ketones is 1. The predicted octanol–water partition coefficient (Wildman–Crippen LogP) is 3.79. The van der Waals surface area contributed by atoms with Crippen molar-refractivity contribution in [3.8, 4) is 5.75 Å². The summed E-state index contributed by atoms with van der Waals surface area (Å²) in [6.45, 7) is 4.48. The number of carbonyl (C=O) groups is 2. The molecule has 1 aromatic heterocycles. The number of halogens is 1. The van der Waals surface area contributed by atoms with Crippen LogP contribution in [-0.4, -0.2) is 55.0 Å². The number of nitrogens with zero attached hydrogens (tertiary/aromatic N) is 2. The molecule has 1 aliphatic heterocycles. The third-order valence-electron chi connectivity index (χ3n) is 6.00. The first kappa shape index (κ1) is 22.0. The van der Waals surface area contributed by atoms with Crippen molar-refractivity contribution >= 4 is 22.7 Å². The first-order chi connectivity index (χ1) is 15.5. The fourth-order valence-electron chi connectivity index (χ4n) is 4.18. The first-order valence-electron chi connectivity index (χ1n) is 10.7. The lowest BCUT2D eigenvalue weighted by molar-refractivity contribution is 0.0940. The lowest BCUT2D eigenvalue weighted by Gasteiger charge is -2.31. The van der Waals surface area contributed by atoms with Crippen molar-refractivity contribution in [1.29, 1.82) is 0 Å². The number of rotatable bonds is 7. The molecule has 0 saturated carbocycles. The summed E-state index contributed by atoms with van der Waals surface area (Å²) in [5.41, 5.74) is 2.29. The van der Waals surface area contributed by atoms with Gasteiger partial charge in [0.25, 0.3) is 5.91 Å². The van der Waals surface area contributed by atoms with Gasteiger partial charge in [0.2, 0.25) is 0 Å². The maximum absolute atomic E-state index is 13.4. The molecular formula is C24H26FN3O4. The number of ether oxygens (including phenoxy) is 1. The number of piperidine rings is 1. The van der Waals surface area contributed by atoms with Crippen LogP contribution in [0.1, 0.15) is 52.1 Å². The van der Waals surface area contributed by atoms with Crippen LogP contribution in [-0.2, 0) is 0 Å². The van der Waals surface area contributed by atoms with Crippen LogP contribution in [0.5, 0.6) is 5.75 Å². The van der Waals surface area contributed by atoms with Gasteiger partial charge in [0.15, 0.2) is 11.4 Å². The molecule has 4 rings (SSSR count).